The second-order valence-corrected chi connectivity index (χ2v) is 7.68. The number of aliphatic hydroxyl groups excluding tert-OH is 1. The Morgan fingerprint density at radius 3 is 2.75 bits per heavy atom. The number of nitrogens with one attached hydrogen (secondary N) is 1. The van der Waals surface area contributed by atoms with Crippen LogP contribution in [0.3, 0.4) is 0 Å². The maximum absolute atomic E-state index is 9.49. The molecule has 2 N–H and O–H groups in total. The lowest BCUT2D eigenvalue weighted by molar-refractivity contribution is 0.122. The van der Waals surface area contributed by atoms with E-state index in [9.17, 15) is 10.4 Å². The van der Waals surface area contributed by atoms with Crippen molar-refractivity contribution in [1.29, 1.82) is 5.26 Å². The SMILES string of the molecule is Cc1ccc(CO)cc1N(C)c1ccnc(Nc2cc(C#N)cc(N3CCOCC3)c2)n1. The summed E-state index contributed by atoms with van der Waals surface area (Å²) in [6.45, 7) is 4.93. The molecule has 0 spiro atoms. The molecule has 2 heterocycles. The molecule has 0 unspecified atom stereocenters. The van der Waals surface area contributed by atoms with E-state index in [-0.39, 0.29) is 6.61 Å². The van der Waals surface area contributed by atoms with Crippen LogP contribution in [-0.2, 0) is 11.3 Å². The first-order chi connectivity index (χ1) is 15.6. The summed E-state index contributed by atoms with van der Waals surface area (Å²) < 4.78 is 5.44. The fourth-order valence-corrected chi connectivity index (χ4v) is 3.72. The third kappa shape index (κ3) is 4.80. The Morgan fingerprint density at radius 2 is 2.00 bits per heavy atom. The molecule has 0 bridgehead atoms. The number of hydrogen-bond acceptors (Lipinski definition) is 8. The molecule has 4 rings (SSSR count). The summed E-state index contributed by atoms with van der Waals surface area (Å²) in [5.74, 6) is 1.15. The number of ether oxygens (including phenoxy) is 1. The van der Waals surface area contributed by atoms with Crippen LogP contribution in [0.25, 0.3) is 0 Å². The summed E-state index contributed by atoms with van der Waals surface area (Å²) in [6.07, 6.45) is 1.70. The van der Waals surface area contributed by atoms with Crippen molar-refractivity contribution in [3.8, 4) is 6.07 Å². The molecule has 1 fully saturated rings. The quantitative estimate of drug-likeness (QED) is 0.613. The van der Waals surface area contributed by atoms with E-state index in [4.69, 9.17) is 4.74 Å². The summed E-state index contributed by atoms with van der Waals surface area (Å²) in [6, 6.07) is 15.6. The van der Waals surface area contributed by atoms with Crippen molar-refractivity contribution in [2.75, 3.05) is 48.5 Å². The van der Waals surface area contributed by atoms with Crippen molar-refractivity contribution in [2.24, 2.45) is 0 Å². The van der Waals surface area contributed by atoms with Gasteiger partial charge in [-0.1, -0.05) is 12.1 Å². The number of aliphatic hydroxyl groups is 1. The largest absolute Gasteiger partial charge is 0.392 e. The number of nitrogens with zero attached hydrogens (tertiary/aromatic N) is 5. The van der Waals surface area contributed by atoms with E-state index in [0.29, 0.717) is 30.5 Å². The summed E-state index contributed by atoms with van der Waals surface area (Å²) in [5.41, 5.74) is 5.18. The molecule has 0 radical (unpaired) electrons. The van der Waals surface area contributed by atoms with Gasteiger partial charge in [0.1, 0.15) is 5.82 Å². The minimum absolute atomic E-state index is 0.0155. The molecule has 3 aromatic rings. The van der Waals surface area contributed by atoms with E-state index in [0.717, 1.165) is 41.3 Å². The number of hydrogen-bond donors (Lipinski definition) is 2. The van der Waals surface area contributed by atoms with Gasteiger partial charge in [-0.3, -0.25) is 0 Å². The van der Waals surface area contributed by atoms with E-state index in [1.807, 2.05) is 55.3 Å². The Hall–Kier alpha value is -3.67. The monoisotopic (exact) mass is 430 g/mol. The number of rotatable bonds is 6. The number of anilines is 5. The van der Waals surface area contributed by atoms with Gasteiger partial charge < -0.3 is 25.0 Å². The van der Waals surface area contributed by atoms with Gasteiger partial charge in [0.25, 0.3) is 0 Å². The zero-order chi connectivity index (χ0) is 22.5. The van der Waals surface area contributed by atoms with Crippen LogP contribution in [0.15, 0.2) is 48.7 Å². The lowest BCUT2D eigenvalue weighted by atomic mass is 10.1. The third-order valence-electron chi connectivity index (χ3n) is 5.48. The third-order valence-corrected chi connectivity index (χ3v) is 5.48. The van der Waals surface area contributed by atoms with E-state index in [2.05, 4.69) is 26.3 Å². The molecular weight excluding hydrogens is 404 g/mol. The highest BCUT2D eigenvalue weighted by Crippen LogP contribution is 2.28. The van der Waals surface area contributed by atoms with E-state index in [1.54, 1.807) is 12.3 Å². The van der Waals surface area contributed by atoms with Crippen LogP contribution in [0.5, 0.6) is 0 Å². The molecule has 8 heteroatoms. The first kappa shape index (κ1) is 21.6. The average Bonchev–Trinajstić information content (AvgIpc) is 2.84. The van der Waals surface area contributed by atoms with Crippen molar-refractivity contribution < 1.29 is 9.84 Å². The van der Waals surface area contributed by atoms with Crippen molar-refractivity contribution >= 4 is 28.8 Å². The highest BCUT2D eigenvalue weighted by atomic mass is 16.5. The highest BCUT2D eigenvalue weighted by molar-refractivity contribution is 5.68. The number of morpholine rings is 1. The highest BCUT2D eigenvalue weighted by Gasteiger charge is 2.14. The van der Waals surface area contributed by atoms with Gasteiger partial charge in [0, 0.05) is 43.4 Å². The molecule has 2 aromatic carbocycles. The van der Waals surface area contributed by atoms with Crippen molar-refractivity contribution in [1.82, 2.24) is 9.97 Å². The van der Waals surface area contributed by atoms with Gasteiger partial charge in [0.2, 0.25) is 5.95 Å². The summed E-state index contributed by atoms with van der Waals surface area (Å²) >= 11 is 0. The molecule has 0 amide bonds. The van der Waals surface area contributed by atoms with E-state index >= 15 is 0 Å². The first-order valence-corrected chi connectivity index (χ1v) is 10.5. The van der Waals surface area contributed by atoms with Crippen molar-refractivity contribution in [2.45, 2.75) is 13.5 Å². The normalized spacial score (nSPS) is 13.5. The van der Waals surface area contributed by atoms with Gasteiger partial charge >= 0.3 is 0 Å². The predicted molar refractivity (Wildman–Crippen MR) is 125 cm³/mol. The van der Waals surface area contributed by atoms with Crippen LogP contribution in [0, 0.1) is 18.3 Å². The number of aryl methyl sites for hydroxylation is 1. The summed E-state index contributed by atoms with van der Waals surface area (Å²) in [7, 11) is 1.93. The molecular formula is C24H26N6O2. The fourth-order valence-electron chi connectivity index (χ4n) is 3.72. The molecule has 32 heavy (non-hydrogen) atoms. The standard InChI is InChI=1S/C24H26N6O2/c1-17-3-4-18(16-31)13-22(17)29(2)23-5-6-26-24(28-23)27-20-11-19(15-25)12-21(14-20)30-7-9-32-10-8-30/h3-6,11-14,31H,7-10,16H2,1-2H3,(H,26,27,28). The van der Waals surface area contributed by atoms with Gasteiger partial charge in [0.15, 0.2) is 0 Å². The van der Waals surface area contributed by atoms with Crippen molar-refractivity contribution in [3.05, 3.63) is 65.4 Å². The zero-order valence-electron chi connectivity index (χ0n) is 18.2. The smallest absolute Gasteiger partial charge is 0.229 e. The van der Waals surface area contributed by atoms with Crippen LogP contribution in [0.2, 0.25) is 0 Å². The lowest BCUT2D eigenvalue weighted by Crippen LogP contribution is -2.36. The fraction of sp³-hybridized carbons (Fsp3) is 0.292. The van der Waals surface area contributed by atoms with E-state index < -0.39 is 0 Å². The molecule has 1 aliphatic rings. The Kier molecular flexibility index (Phi) is 6.50. The summed E-state index contributed by atoms with van der Waals surface area (Å²) in [4.78, 5) is 13.2. The van der Waals surface area contributed by atoms with Gasteiger partial charge in [-0.15, -0.1) is 0 Å². The Balaban J connectivity index is 1.60. The molecule has 164 valence electrons. The van der Waals surface area contributed by atoms with Crippen LogP contribution >= 0.6 is 0 Å². The van der Waals surface area contributed by atoms with Crippen LogP contribution < -0.4 is 15.1 Å². The second-order valence-electron chi connectivity index (χ2n) is 7.68. The Morgan fingerprint density at radius 1 is 1.19 bits per heavy atom. The van der Waals surface area contributed by atoms with Gasteiger partial charge in [-0.05, 0) is 48.4 Å². The number of benzene rings is 2. The molecule has 1 aromatic heterocycles. The van der Waals surface area contributed by atoms with Crippen molar-refractivity contribution in [3.63, 3.8) is 0 Å². The molecule has 1 aliphatic heterocycles. The lowest BCUT2D eigenvalue weighted by Gasteiger charge is -2.29. The number of nitriles is 1. The Bertz CT molecular complexity index is 1140. The average molecular weight is 431 g/mol. The first-order valence-electron chi connectivity index (χ1n) is 10.5. The number of aromatic nitrogens is 2. The second kappa shape index (κ2) is 9.64. The molecule has 0 atom stereocenters. The maximum Gasteiger partial charge on any atom is 0.229 e. The minimum atomic E-state index is -0.0155. The van der Waals surface area contributed by atoms with Crippen LogP contribution in [0.1, 0.15) is 16.7 Å². The summed E-state index contributed by atoms with van der Waals surface area (Å²) in [5, 5.41) is 22.2. The van der Waals surface area contributed by atoms with Gasteiger partial charge in [0.05, 0.1) is 31.5 Å². The predicted octanol–water partition coefficient (Wildman–Crippen LogP) is 3.50. The van der Waals surface area contributed by atoms with E-state index in [1.165, 1.54) is 0 Å². The maximum atomic E-state index is 9.49. The zero-order valence-corrected chi connectivity index (χ0v) is 18.2. The molecule has 1 saturated heterocycles. The van der Waals surface area contributed by atoms with Crippen LogP contribution in [-0.4, -0.2) is 48.4 Å². The van der Waals surface area contributed by atoms with Gasteiger partial charge in [-0.2, -0.15) is 10.2 Å². The van der Waals surface area contributed by atoms with Crippen LogP contribution in [0.4, 0.5) is 28.8 Å². The molecule has 0 saturated carbocycles. The Labute approximate surface area is 187 Å². The molecule has 0 aliphatic carbocycles. The topological polar surface area (TPSA) is 97.5 Å². The molecule has 8 nitrogen and oxygen atoms in total. The van der Waals surface area contributed by atoms with Gasteiger partial charge in [-0.25, -0.2) is 4.98 Å². The minimum Gasteiger partial charge on any atom is -0.392 e.